The highest BCUT2D eigenvalue weighted by Crippen LogP contribution is 2.10. The minimum atomic E-state index is -0.826. The van der Waals surface area contributed by atoms with Crippen molar-refractivity contribution in [2.75, 3.05) is 18.1 Å². The number of hydrogen-bond acceptors (Lipinski definition) is 3. The Kier molecular flexibility index (Phi) is 14.7. The highest BCUT2D eigenvalue weighted by atomic mass is 32.2. The van der Waals surface area contributed by atoms with Gasteiger partial charge in [0.25, 0.3) is 0 Å². The second kappa shape index (κ2) is 15.0. The lowest BCUT2D eigenvalue weighted by Crippen LogP contribution is -2.11. The fourth-order valence-corrected chi connectivity index (χ4v) is 3.13. The van der Waals surface area contributed by atoms with Crippen LogP contribution >= 0.6 is 0 Å². The molecule has 1 atom stereocenters. The van der Waals surface area contributed by atoms with Crippen molar-refractivity contribution in [2.24, 2.45) is 0 Å². The Balaban J connectivity index is 3.15. The van der Waals surface area contributed by atoms with Crippen LogP contribution in [0.1, 0.15) is 78.1 Å². The van der Waals surface area contributed by atoms with Crippen molar-refractivity contribution < 1.29 is 13.7 Å². The first kappa shape index (κ1) is 19.6. The van der Waals surface area contributed by atoms with Crippen LogP contribution in [-0.4, -0.2) is 28.3 Å². The van der Waals surface area contributed by atoms with Gasteiger partial charge in [0, 0.05) is 23.5 Å². The van der Waals surface area contributed by atoms with Crippen molar-refractivity contribution in [3.63, 3.8) is 0 Å². The molecule has 0 aliphatic rings. The number of carbonyl (C=O) groups is 1. The Hall–Kier alpha value is -0.380. The third-order valence-electron chi connectivity index (χ3n) is 3.34. The van der Waals surface area contributed by atoms with E-state index in [9.17, 15) is 9.00 Å². The van der Waals surface area contributed by atoms with Crippen molar-refractivity contribution in [1.29, 1.82) is 0 Å². The van der Waals surface area contributed by atoms with Crippen molar-refractivity contribution in [3.05, 3.63) is 0 Å². The van der Waals surface area contributed by atoms with Crippen LogP contribution < -0.4 is 0 Å². The Bertz CT molecular complexity index is 254. The largest absolute Gasteiger partial charge is 0.465 e. The zero-order chi connectivity index (χ0) is 15.1. The Labute approximate surface area is 127 Å². The average Bonchev–Trinajstić information content (AvgIpc) is 2.40. The molecule has 0 aromatic heterocycles. The first-order valence-corrected chi connectivity index (χ1v) is 9.64. The van der Waals surface area contributed by atoms with Crippen molar-refractivity contribution in [3.8, 4) is 0 Å². The van der Waals surface area contributed by atoms with E-state index in [1.54, 1.807) is 0 Å². The molecular formula is C16H32O3S. The van der Waals surface area contributed by atoms with Gasteiger partial charge in [0.05, 0.1) is 5.75 Å². The van der Waals surface area contributed by atoms with E-state index in [4.69, 9.17) is 4.74 Å². The molecule has 0 aromatic rings. The third kappa shape index (κ3) is 15.7. The second-order valence-electron chi connectivity index (χ2n) is 5.37. The zero-order valence-corrected chi connectivity index (χ0v) is 14.1. The summed E-state index contributed by atoms with van der Waals surface area (Å²) in [6.45, 7) is 3.92. The summed E-state index contributed by atoms with van der Waals surface area (Å²) in [5.74, 6) is 0.940. The minimum absolute atomic E-state index is 0.291. The Morgan fingerprint density at radius 2 is 1.35 bits per heavy atom. The molecule has 0 fully saturated rings. The number of hydrogen-bond donors (Lipinski definition) is 0. The number of ether oxygens (including phenoxy) is 1. The predicted octanol–water partition coefficient (Wildman–Crippen LogP) is 4.22. The van der Waals surface area contributed by atoms with Gasteiger partial charge in [0.2, 0.25) is 0 Å². The molecule has 0 aromatic carbocycles. The standard InChI is InChI=1S/C16H32O3S/c1-3-4-5-6-7-8-9-10-11-12-14-20(18)15-13-19-16(2)17/h3-15H2,1-2H3. The van der Waals surface area contributed by atoms with Crippen LogP contribution in [0.4, 0.5) is 0 Å². The summed E-state index contributed by atoms with van der Waals surface area (Å²) in [7, 11) is -0.826. The second-order valence-corrected chi connectivity index (χ2v) is 7.07. The van der Waals surface area contributed by atoms with Crippen LogP contribution in [0.15, 0.2) is 0 Å². The molecule has 3 nitrogen and oxygen atoms in total. The molecule has 4 heteroatoms. The van der Waals surface area contributed by atoms with E-state index in [2.05, 4.69) is 6.92 Å². The molecule has 0 rings (SSSR count). The monoisotopic (exact) mass is 304 g/mol. The predicted molar refractivity (Wildman–Crippen MR) is 86.4 cm³/mol. The van der Waals surface area contributed by atoms with Gasteiger partial charge in [-0.3, -0.25) is 9.00 Å². The molecule has 0 bridgehead atoms. The van der Waals surface area contributed by atoms with Gasteiger partial charge in [-0.1, -0.05) is 64.7 Å². The number of esters is 1. The number of rotatable bonds is 14. The Morgan fingerprint density at radius 1 is 0.850 bits per heavy atom. The van der Waals surface area contributed by atoms with Gasteiger partial charge in [-0.15, -0.1) is 0 Å². The van der Waals surface area contributed by atoms with Gasteiger partial charge in [-0.25, -0.2) is 0 Å². The summed E-state index contributed by atoms with van der Waals surface area (Å²) in [5, 5.41) is 0. The highest BCUT2D eigenvalue weighted by Gasteiger charge is 2.01. The van der Waals surface area contributed by atoms with E-state index < -0.39 is 10.8 Å². The molecule has 0 aliphatic carbocycles. The molecule has 1 unspecified atom stereocenters. The molecule has 0 aliphatic heterocycles. The molecular weight excluding hydrogens is 272 g/mol. The minimum Gasteiger partial charge on any atom is -0.465 e. The average molecular weight is 304 g/mol. The summed E-state index contributed by atoms with van der Waals surface area (Å²) >= 11 is 0. The fraction of sp³-hybridized carbons (Fsp3) is 0.938. The lowest BCUT2D eigenvalue weighted by molar-refractivity contribution is -0.140. The number of carbonyl (C=O) groups excluding carboxylic acids is 1. The SMILES string of the molecule is CCCCCCCCCCCCS(=O)CCOC(C)=O. The van der Waals surface area contributed by atoms with Crippen LogP contribution in [-0.2, 0) is 20.3 Å². The van der Waals surface area contributed by atoms with E-state index in [1.807, 2.05) is 0 Å². The topological polar surface area (TPSA) is 43.4 Å². The van der Waals surface area contributed by atoms with Crippen LogP contribution in [0.3, 0.4) is 0 Å². The lowest BCUT2D eigenvalue weighted by atomic mass is 10.1. The molecule has 0 saturated heterocycles. The lowest BCUT2D eigenvalue weighted by Gasteiger charge is -2.04. The first-order valence-electron chi connectivity index (χ1n) is 8.15. The van der Waals surface area contributed by atoms with Gasteiger partial charge in [0.15, 0.2) is 0 Å². The molecule has 0 amide bonds. The van der Waals surface area contributed by atoms with Crippen LogP contribution in [0.2, 0.25) is 0 Å². The normalized spacial score (nSPS) is 12.3. The van der Waals surface area contributed by atoms with Gasteiger partial charge in [-0.05, 0) is 6.42 Å². The van der Waals surface area contributed by atoms with E-state index in [0.717, 1.165) is 12.2 Å². The van der Waals surface area contributed by atoms with Crippen LogP contribution in [0, 0.1) is 0 Å². The summed E-state index contributed by atoms with van der Waals surface area (Å²) in [6.07, 6.45) is 12.9. The molecule has 0 N–H and O–H groups in total. The maximum Gasteiger partial charge on any atom is 0.302 e. The molecule has 0 radical (unpaired) electrons. The smallest absolute Gasteiger partial charge is 0.302 e. The first-order chi connectivity index (χ1) is 9.66. The van der Waals surface area contributed by atoms with Gasteiger partial charge in [-0.2, -0.15) is 0 Å². The van der Waals surface area contributed by atoms with E-state index >= 15 is 0 Å². The summed E-state index contributed by atoms with van der Waals surface area (Å²) < 4.78 is 16.4. The van der Waals surface area contributed by atoms with Crippen LogP contribution in [0.5, 0.6) is 0 Å². The maximum atomic E-state index is 11.6. The molecule has 0 heterocycles. The van der Waals surface area contributed by atoms with Crippen molar-refractivity contribution in [2.45, 2.75) is 78.1 Å². The van der Waals surface area contributed by atoms with E-state index in [1.165, 1.54) is 64.7 Å². The van der Waals surface area contributed by atoms with Crippen LogP contribution in [0.25, 0.3) is 0 Å². The van der Waals surface area contributed by atoms with Gasteiger partial charge < -0.3 is 4.74 Å². The summed E-state index contributed by atoms with van der Waals surface area (Å²) in [4.78, 5) is 10.5. The van der Waals surface area contributed by atoms with Crippen molar-refractivity contribution in [1.82, 2.24) is 0 Å². The molecule has 20 heavy (non-hydrogen) atoms. The van der Waals surface area contributed by atoms with Crippen molar-refractivity contribution >= 4 is 16.8 Å². The van der Waals surface area contributed by atoms with E-state index in [0.29, 0.717) is 12.4 Å². The molecule has 0 saturated carbocycles. The number of unbranched alkanes of at least 4 members (excludes halogenated alkanes) is 9. The fourth-order valence-electron chi connectivity index (χ4n) is 2.13. The highest BCUT2D eigenvalue weighted by molar-refractivity contribution is 7.84. The molecule has 0 spiro atoms. The third-order valence-corrected chi connectivity index (χ3v) is 4.71. The summed E-state index contributed by atoms with van der Waals surface area (Å²) in [6, 6.07) is 0. The summed E-state index contributed by atoms with van der Waals surface area (Å²) in [5.41, 5.74) is 0. The molecule has 120 valence electrons. The Morgan fingerprint density at radius 3 is 1.85 bits per heavy atom. The maximum absolute atomic E-state index is 11.6. The van der Waals surface area contributed by atoms with Gasteiger partial charge in [0.1, 0.15) is 6.61 Å². The van der Waals surface area contributed by atoms with Gasteiger partial charge >= 0.3 is 5.97 Å². The zero-order valence-electron chi connectivity index (χ0n) is 13.3. The van der Waals surface area contributed by atoms with E-state index in [-0.39, 0.29) is 5.97 Å². The quantitative estimate of drug-likeness (QED) is 0.356.